The number of aliphatic hydroxyl groups is 1. The average molecular weight is 264 g/mol. The van der Waals surface area contributed by atoms with Crippen molar-refractivity contribution in [3.8, 4) is 0 Å². The molecule has 18 heavy (non-hydrogen) atoms. The highest BCUT2D eigenvalue weighted by atomic mass is 32.1. The van der Waals surface area contributed by atoms with Gasteiger partial charge in [0.25, 0.3) is 0 Å². The van der Waals surface area contributed by atoms with Crippen LogP contribution in [0.4, 0.5) is 5.69 Å². The van der Waals surface area contributed by atoms with Crippen molar-refractivity contribution in [2.24, 2.45) is 11.7 Å². The van der Waals surface area contributed by atoms with Gasteiger partial charge in [0, 0.05) is 30.9 Å². The van der Waals surface area contributed by atoms with Crippen molar-refractivity contribution in [3.63, 3.8) is 0 Å². The van der Waals surface area contributed by atoms with Crippen LogP contribution in [0.25, 0.3) is 0 Å². The van der Waals surface area contributed by atoms with Crippen molar-refractivity contribution in [3.05, 3.63) is 29.3 Å². The summed E-state index contributed by atoms with van der Waals surface area (Å²) in [4.78, 5) is 2.80. The normalized spacial score (nSPS) is 16.9. The van der Waals surface area contributed by atoms with Gasteiger partial charge in [-0.3, -0.25) is 0 Å². The Morgan fingerprint density at radius 2 is 2.11 bits per heavy atom. The standard InChI is InChI=1S/C14H20N2OS/c1-10-3-2-4-12(14(15)18)13(10)16-7-5-11(9-17)6-8-16/h2-4,11,17H,5-9H2,1H3,(H2,15,18). The SMILES string of the molecule is Cc1cccc(C(N)=S)c1N1CCC(CO)CC1. The summed E-state index contributed by atoms with van der Waals surface area (Å²) in [6, 6.07) is 6.08. The molecule has 1 fully saturated rings. The lowest BCUT2D eigenvalue weighted by atomic mass is 9.96. The Kier molecular flexibility index (Phi) is 4.19. The summed E-state index contributed by atoms with van der Waals surface area (Å²) in [5, 5.41) is 9.19. The van der Waals surface area contributed by atoms with Crippen LogP contribution in [0.2, 0.25) is 0 Å². The fourth-order valence-electron chi connectivity index (χ4n) is 2.62. The number of rotatable bonds is 3. The van der Waals surface area contributed by atoms with E-state index in [0.29, 0.717) is 17.5 Å². The second kappa shape index (κ2) is 5.67. The number of para-hydroxylation sites is 1. The van der Waals surface area contributed by atoms with E-state index in [9.17, 15) is 5.11 Å². The molecule has 2 rings (SSSR count). The third-order valence-electron chi connectivity index (χ3n) is 3.69. The van der Waals surface area contributed by atoms with Crippen LogP contribution in [0.1, 0.15) is 24.0 Å². The summed E-state index contributed by atoms with van der Waals surface area (Å²) >= 11 is 5.14. The molecule has 3 nitrogen and oxygen atoms in total. The van der Waals surface area contributed by atoms with E-state index in [4.69, 9.17) is 18.0 Å². The molecular formula is C14H20N2OS. The van der Waals surface area contributed by atoms with Crippen LogP contribution in [-0.2, 0) is 0 Å². The average Bonchev–Trinajstić information content (AvgIpc) is 2.38. The Balaban J connectivity index is 2.26. The van der Waals surface area contributed by atoms with Crippen molar-refractivity contribution < 1.29 is 5.11 Å². The first-order valence-electron chi connectivity index (χ1n) is 6.38. The fraction of sp³-hybridized carbons (Fsp3) is 0.500. The number of benzene rings is 1. The lowest BCUT2D eigenvalue weighted by Crippen LogP contribution is -2.36. The maximum atomic E-state index is 9.19. The number of thiocarbonyl (C=S) groups is 1. The summed E-state index contributed by atoms with van der Waals surface area (Å²) in [7, 11) is 0. The lowest BCUT2D eigenvalue weighted by molar-refractivity contribution is 0.203. The lowest BCUT2D eigenvalue weighted by Gasteiger charge is -2.35. The minimum atomic E-state index is 0.295. The first kappa shape index (κ1) is 13.3. The number of nitrogens with two attached hydrogens (primary N) is 1. The second-order valence-electron chi connectivity index (χ2n) is 4.95. The van der Waals surface area contributed by atoms with Crippen molar-refractivity contribution >= 4 is 22.9 Å². The molecule has 0 aliphatic carbocycles. The summed E-state index contributed by atoms with van der Waals surface area (Å²) in [5.74, 6) is 0.443. The zero-order chi connectivity index (χ0) is 13.1. The molecule has 1 saturated heterocycles. The molecule has 0 saturated carbocycles. The fourth-order valence-corrected chi connectivity index (χ4v) is 2.78. The van der Waals surface area contributed by atoms with Gasteiger partial charge in [-0.1, -0.05) is 24.4 Å². The topological polar surface area (TPSA) is 49.5 Å². The molecule has 1 heterocycles. The Hall–Kier alpha value is -1.13. The molecule has 0 bridgehead atoms. The Labute approximate surface area is 114 Å². The van der Waals surface area contributed by atoms with Crippen LogP contribution >= 0.6 is 12.2 Å². The predicted molar refractivity (Wildman–Crippen MR) is 79.1 cm³/mol. The van der Waals surface area contributed by atoms with Gasteiger partial charge in [-0.15, -0.1) is 0 Å². The molecule has 1 aromatic rings. The molecule has 0 unspecified atom stereocenters. The highest BCUT2D eigenvalue weighted by molar-refractivity contribution is 7.80. The van der Waals surface area contributed by atoms with E-state index in [1.807, 2.05) is 12.1 Å². The molecule has 0 amide bonds. The zero-order valence-electron chi connectivity index (χ0n) is 10.7. The van der Waals surface area contributed by atoms with Gasteiger partial charge in [0.2, 0.25) is 0 Å². The summed E-state index contributed by atoms with van der Waals surface area (Å²) in [6.07, 6.45) is 2.06. The van der Waals surface area contributed by atoms with Gasteiger partial charge in [0.15, 0.2) is 0 Å². The Morgan fingerprint density at radius 1 is 1.44 bits per heavy atom. The molecule has 4 heteroatoms. The zero-order valence-corrected chi connectivity index (χ0v) is 11.5. The first-order valence-corrected chi connectivity index (χ1v) is 6.79. The summed E-state index contributed by atoms with van der Waals surface area (Å²) in [6.45, 7) is 4.32. The number of hydrogen-bond donors (Lipinski definition) is 2. The van der Waals surface area contributed by atoms with E-state index >= 15 is 0 Å². The molecule has 0 spiro atoms. The molecule has 1 aliphatic heterocycles. The highest BCUT2D eigenvalue weighted by Crippen LogP contribution is 2.29. The van der Waals surface area contributed by atoms with Gasteiger partial charge < -0.3 is 15.7 Å². The monoisotopic (exact) mass is 264 g/mol. The minimum absolute atomic E-state index is 0.295. The Bertz CT molecular complexity index is 439. The number of aryl methyl sites for hydroxylation is 1. The first-order chi connectivity index (χ1) is 8.63. The number of piperidine rings is 1. The molecule has 0 atom stereocenters. The van der Waals surface area contributed by atoms with Gasteiger partial charge in [-0.25, -0.2) is 0 Å². The van der Waals surface area contributed by atoms with Gasteiger partial charge >= 0.3 is 0 Å². The molecule has 1 aliphatic rings. The van der Waals surface area contributed by atoms with Gasteiger partial charge in [-0.2, -0.15) is 0 Å². The van der Waals surface area contributed by atoms with Gasteiger partial charge in [0.05, 0.1) is 0 Å². The molecule has 0 aromatic heterocycles. The predicted octanol–water partition coefficient (Wildman–Crippen LogP) is 1.84. The third kappa shape index (κ3) is 2.65. The van der Waals surface area contributed by atoms with Crippen LogP contribution in [0, 0.1) is 12.8 Å². The van der Waals surface area contributed by atoms with Crippen molar-refractivity contribution in [1.82, 2.24) is 0 Å². The van der Waals surface area contributed by atoms with E-state index in [-0.39, 0.29) is 0 Å². The maximum Gasteiger partial charge on any atom is 0.106 e. The molecule has 0 radical (unpaired) electrons. The number of anilines is 1. The van der Waals surface area contributed by atoms with Gasteiger partial charge in [-0.05, 0) is 37.3 Å². The highest BCUT2D eigenvalue weighted by Gasteiger charge is 2.22. The van der Waals surface area contributed by atoms with Crippen molar-refractivity contribution in [2.45, 2.75) is 19.8 Å². The van der Waals surface area contributed by atoms with Crippen LogP contribution in [-0.4, -0.2) is 29.8 Å². The smallest absolute Gasteiger partial charge is 0.106 e. The van der Waals surface area contributed by atoms with E-state index in [1.54, 1.807) is 0 Å². The van der Waals surface area contributed by atoms with Gasteiger partial charge in [0.1, 0.15) is 4.99 Å². The number of aliphatic hydroxyl groups excluding tert-OH is 1. The van der Waals surface area contributed by atoms with Crippen molar-refractivity contribution in [1.29, 1.82) is 0 Å². The molecular weight excluding hydrogens is 244 g/mol. The van der Waals surface area contributed by atoms with E-state index in [1.165, 1.54) is 11.3 Å². The Morgan fingerprint density at radius 3 is 2.67 bits per heavy atom. The van der Waals surface area contributed by atoms with E-state index in [2.05, 4.69) is 17.9 Å². The largest absolute Gasteiger partial charge is 0.396 e. The number of hydrogen-bond acceptors (Lipinski definition) is 3. The summed E-state index contributed by atoms with van der Waals surface area (Å²) < 4.78 is 0. The summed E-state index contributed by atoms with van der Waals surface area (Å²) in [5.41, 5.74) is 9.15. The van der Waals surface area contributed by atoms with Crippen LogP contribution < -0.4 is 10.6 Å². The van der Waals surface area contributed by atoms with Crippen molar-refractivity contribution in [2.75, 3.05) is 24.6 Å². The maximum absolute atomic E-state index is 9.19. The molecule has 1 aromatic carbocycles. The quantitative estimate of drug-likeness (QED) is 0.818. The van der Waals surface area contributed by atoms with E-state index < -0.39 is 0 Å². The minimum Gasteiger partial charge on any atom is -0.396 e. The number of nitrogens with zero attached hydrogens (tertiary/aromatic N) is 1. The third-order valence-corrected chi connectivity index (χ3v) is 3.91. The second-order valence-corrected chi connectivity index (χ2v) is 5.39. The van der Waals surface area contributed by atoms with Crippen LogP contribution in [0.3, 0.4) is 0 Å². The van der Waals surface area contributed by atoms with Crippen LogP contribution in [0.5, 0.6) is 0 Å². The van der Waals surface area contributed by atoms with Crippen LogP contribution in [0.15, 0.2) is 18.2 Å². The van der Waals surface area contributed by atoms with E-state index in [0.717, 1.165) is 31.5 Å². The molecule has 98 valence electrons. The molecule has 3 N–H and O–H groups in total.